The fourth-order valence-corrected chi connectivity index (χ4v) is 8.09. The molecule has 0 unspecified atom stereocenters. The summed E-state index contributed by atoms with van der Waals surface area (Å²) in [6.07, 6.45) is 0. The molecule has 24 heteroatoms. The van der Waals surface area contributed by atoms with Crippen LogP contribution < -0.4 is 0 Å². The Kier molecular flexibility index (Phi) is 40.9. The zero-order valence-electron chi connectivity index (χ0n) is 56.3. The van der Waals surface area contributed by atoms with Gasteiger partial charge in [0.25, 0.3) is 0 Å². The summed E-state index contributed by atoms with van der Waals surface area (Å²) in [5.74, 6) is 20.1. The largest absolute Gasteiger partial charge is 0.460 e. The number of methoxy groups -OCH3 is 4. The van der Waals surface area contributed by atoms with Crippen molar-refractivity contribution >= 4 is 37.6 Å². The van der Waals surface area contributed by atoms with Gasteiger partial charge in [-0.25, -0.2) is 19.2 Å². The van der Waals surface area contributed by atoms with Gasteiger partial charge in [0.2, 0.25) is 0 Å². The number of hydrogen-bond donors (Lipinski definition) is 0. The lowest BCUT2D eigenvalue weighted by Gasteiger charge is -2.11. The maximum atomic E-state index is 13.7. The molecular formula is C71H91N3O20Si. The summed E-state index contributed by atoms with van der Waals surface area (Å²) in [6.45, 7) is 18.1. The topological polar surface area (TPSA) is 244 Å². The van der Waals surface area contributed by atoms with Crippen LogP contribution in [0, 0.1) is 47.0 Å². The molecule has 0 saturated carbocycles. The molecule has 4 aromatic rings. The fraction of sp³-hybridized carbons (Fsp3) is 0.493. The van der Waals surface area contributed by atoms with Crippen LogP contribution in [-0.2, 0) is 75.8 Å². The molecule has 0 heterocycles. The van der Waals surface area contributed by atoms with Crippen LogP contribution in [0.5, 0.6) is 0 Å². The van der Waals surface area contributed by atoms with Crippen molar-refractivity contribution in [2.45, 2.75) is 33.5 Å². The summed E-state index contributed by atoms with van der Waals surface area (Å²) in [4.78, 5) is 54.2. The molecule has 0 aliphatic rings. The van der Waals surface area contributed by atoms with Gasteiger partial charge in [-0.2, -0.15) is 0 Å². The highest BCUT2D eigenvalue weighted by atomic mass is 28.3. The molecule has 0 aliphatic heterocycles. The second-order valence-electron chi connectivity index (χ2n) is 21.0. The molecule has 0 bridgehead atoms. The summed E-state index contributed by atoms with van der Waals surface area (Å²) >= 11 is 0. The highest BCUT2D eigenvalue weighted by Crippen LogP contribution is 2.23. The average Bonchev–Trinajstić information content (AvgIpc) is 1.99. The van der Waals surface area contributed by atoms with Gasteiger partial charge in [0.1, 0.15) is 40.2 Å². The van der Waals surface area contributed by atoms with E-state index in [-0.39, 0.29) is 81.7 Å². The van der Waals surface area contributed by atoms with E-state index in [1.54, 1.807) is 106 Å². The van der Waals surface area contributed by atoms with Crippen LogP contribution in [0.2, 0.25) is 19.6 Å². The van der Waals surface area contributed by atoms with E-state index >= 15 is 0 Å². The van der Waals surface area contributed by atoms with Crippen LogP contribution >= 0.6 is 0 Å². The van der Waals surface area contributed by atoms with Gasteiger partial charge in [0, 0.05) is 74.9 Å². The lowest BCUT2D eigenvalue weighted by Crippen LogP contribution is -2.16. The van der Waals surface area contributed by atoms with Gasteiger partial charge in [-0.3, -0.25) is 5.01 Å². The smallest absolute Gasteiger partial charge is 0.338 e. The summed E-state index contributed by atoms with van der Waals surface area (Å²) < 4.78 is 86.4. The van der Waals surface area contributed by atoms with Crippen molar-refractivity contribution < 1.29 is 95.0 Å². The minimum absolute atomic E-state index is 0.0107. The number of hydrogen-bond acceptors (Lipinski definition) is 22. The molecule has 4 rings (SSSR count). The predicted molar refractivity (Wildman–Crippen MR) is 357 cm³/mol. The van der Waals surface area contributed by atoms with Crippen LogP contribution in [-0.4, -0.2) is 237 Å². The first kappa shape index (κ1) is 79.6. The normalized spacial score (nSPS) is 10.9. The van der Waals surface area contributed by atoms with E-state index in [0.717, 1.165) is 0 Å². The molecular weight excluding hydrogens is 1240 g/mol. The Labute approximate surface area is 560 Å². The lowest BCUT2D eigenvalue weighted by molar-refractivity contribution is 0.00552. The number of ether oxygens (including phenoxy) is 16. The van der Waals surface area contributed by atoms with E-state index < -0.39 is 32.0 Å². The standard InChI is InChI=1S/C71H91N3O20Si/c1-10-74(11-2)73-72-67-25-24-66(71(78)94-50-46-90-42-38-86-34-30-82-6)55-62(67)20-14-57-16-22-64(69(76)92-48-44-88-40-36-84-32-28-80-4)53-60(57)18-12-56-15-21-63(68(75)91-47-43-87-39-35-83-31-27-79-3)52-59(56)19-13-58-17-23-65(54-61(58)26-51-95(7,8)9)70(77)93-49-45-89-41-37-85-33-29-81-5/h15-17,21-25,52-55H,10-11,27-50H2,1-9H3. The van der Waals surface area contributed by atoms with Gasteiger partial charge >= 0.3 is 23.9 Å². The second kappa shape index (κ2) is 48.8. The van der Waals surface area contributed by atoms with E-state index in [1.807, 2.05) is 13.8 Å². The zero-order chi connectivity index (χ0) is 68.6. The van der Waals surface area contributed by atoms with Gasteiger partial charge < -0.3 is 75.8 Å². The highest BCUT2D eigenvalue weighted by Gasteiger charge is 2.17. The van der Waals surface area contributed by atoms with Crippen LogP contribution in [0.1, 0.15) is 94.2 Å². The molecule has 0 aromatic heterocycles. The van der Waals surface area contributed by atoms with E-state index in [0.29, 0.717) is 157 Å². The molecule has 4 aromatic carbocycles. The van der Waals surface area contributed by atoms with Crippen molar-refractivity contribution in [3.63, 3.8) is 0 Å². The van der Waals surface area contributed by atoms with Crippen molar-refractivity contribution in [3.8, 4) is 47.0 Å². The van der Waals surface area contributed by atoms with Crippen molar-refractivity contribution in [3.05, 3.63) is 134 Å². The second-order valence-corrected chi connectivity index (χ2v) is 25.8. The van der Waals surface area contributed by atoms with Crippen LogP contribution in [0.25, 0.3) is 0 Å². The van der Waals surface area contributed by atoms with Crippen LogP contribution in [0.4, 0.5) is 5.69 Å². The lowest BCUT2D eigenvalue weighted by atomic mass is 10.00. The molecule has 0 amide bonds. The number of rotatable bonds is 44. The summed E-state index contributed by atoms with van der Waals surface area (Å²) in [7, 11) is 4.40. The van der Waals surface area contributed by atoms with Crippen molar-refractivity contribution in [2.75, 3.05) is 200 Å². The summed E-state index contributed by atoms with van der Waals surface area (Å²) in [6, 6.07) is 19.2. The number of carbonyl (C=O) groups is 4. The summed E-state index contributed by atoms with van der Waals surface area (Å²) in [5, 5.41) is 10.7. The highest BCUT2D eigenvalue weighted by molar-refractivity contribution is 6.83. The van der Waals surface area contributed by atoms with Crippen LogP contribution in [0.3, 0.4) is 0 Å². The number of benzene rings is 4. The Morgan fingerprint density at radius 1 is 0.337 bits per heavy atom. The van der Waals surface area contributed by atoms with E-state index in [2.05, 4.69) is 77.0 Å². The first-order chi connectivity index (χ1) is 46.2. The molecule has 0 saturated heterocycles. The fourth-order valence-electron chi connectivity index (χ4n) is 7.59. The SMILES string of the molecule is CCN(CC)N=Nc1ccc(C(=O)OCCOCCOCCOC)cc1C#Cc1ccc(C(=O)OCCOCCOCCOC)cc1C#Cc1ccc(C(=O)OCCOCCOCCOC)cc1C#Cc1ccc(C(=O)OCCOCCOCCOC)cc1C#C[Si](C)(C)C. The molecule has 0 aliphatic carbocycles. The third-order valence-electron chi connectivity index (χ3n) is 12.6. The first-order valence-corrected chi connectivity index (χ1v) is 34.8. The Morgan fingerprint density at radius 2 is 0.589 bits per heavy atom. The maximum Gasteiger partial charge on any atom is 0.338 e. The summed E-state index contributed by atoms with van der Waals surface area (Å²) in [5.41, 5.74) is 7.25. The number of carbonyl (C=O) groups excluding carboxylic acids is 4. The van der Waals surface area contributed by atoms with Crippen molar-refractivity contribution in [1.29, 1.82) is 0 Å². The molecule has 0 atom stereocenters. The molecule has 0 fully saturated rings. The molecule has 0 N–H and O–H groups in total. The predicted octanol–water partition coefficient (Wildman–Crippen LogP) is 7.80. The quantitative estimate of drug-likeness (QED) is 0.00779. The third-order valence-corrected chi connectivity index (χ3v) is 13.5. The van der Waals surface area contributed by atoms with Gasteiger partial charge in [-0.05, 0) is 86.6 Å². The first-order valence-electron chi connectivity index (χ1n) is 31.3. The monoisotopic (exact) mass is 1330 g/mol. The maximum absolute atomic E-state index is 13.7. The number of nitrogens with zero attached hydrogens (tertiary/aromatic N) is 3. The minimum atomic E-state index is -1.97. The molecule has 0 spiro atoms. The average molecular weight is 1330 g/mol. The van der Waals surface area contributed by atoms with Gasteiger partial charge in [-0.15, -0.1) is 10.7 Å². The van der Waals surface area contributed by atoms with E-state index in [4.69, 9.17) is 75.8 Å². The van der Waals surface area contributed by atoms with Gasteiger partial charge in [-0.1, -0.05) is 66.3 Å². The molecule has 0 radical (unpaired) electrons. The van der Waals surface area contributed by atoms with E-state index in [9.17, 15) is 19.2 Å². The minimum Gasteiger partial charge on any atom is -0.460 e. The van der Waals surface area contributed by atoms with E-state index in [1.165, 1.54) is 0 Å². The zero-order valence-corrected chi connectivity index (χ0v) is 57.3. The number of esters is 4. The Balaban J connectivity index is 1.82. The Hall–Kier alpha value is -7.86. The van der Waals surface area contributed by atoms with Gasteiger partial charge in [0.15, 0.2) is 0 Å². The third kappa shape index (κ3) is 33.9. The molecule has 95 heavy (non-hydrogen) atoms. The van der Waals surface area contributed by atoms with Gasteiger partial charge in [0.05, 0.1) is 160 Å². The Morgan fingerprint density at radius 3 is 0.884 bits per heavy atom. The molecule has 23 nitrogen and oxygen atoms in total. The van der Waals surface area contributed by atoms with Crippen molar-refractivity contribution in [2.24, 2.45) is 10.3 Å². The van der Waals surface area contributed by atoms with Crippen molar-refractivity contribution in [1.82, 2.24) is 5.01 Å². The van der Waals surface area contributed by atoms with Crippen LogP contribution in [0.15, 0.2) is 83.1 Å². The molecule has 514 valence electrons. The Bertz CT molecular complexity index is 3270.